The maximum absolute atomic E-state index is 11.9. The van der Waals surface area contributed by atoms with E-state index < -0.39 is 17.0 Å². The second kappa shape index (κ2) is 6.21. The fraction of sp³-hybridized carbons (Fsp3) is 0.231. The van der Waals surface area contributed by atoms with E-state index in [9.17, 15) is 22.8 Å². The van der Waals surface area contributed by atoms with E-state index in [-0.39, 0.29) is 29.8 Å². The lowest BCUT2D eigenvalue weighted by Gasteiger charge is -2.07. The third-order valence-electron chi connectivity index (χ3n) is 2.65. The number of rotatable bonds is 4. The monoisotopic (exact) mass is 316 g/mol. The Kier molecular flexibility index (Phi) is 4.56. The average molecular weight is 316 g/mol. The molecule has 21 heavy (non-hydrogen) atoms. The Hall–Kier alpha value is -1.96. The largest absolute Gasteiger partial charge is 0.441 e. The number of alkyl halides is 3. The minimum Gasteiger partial charge on any atom is -0.350 e. The molecule has 8 heteroatoms. The molecule has 1 heterocycles. The van der Waals surface area contributed by atoms with Gasteiger partial charge in [0.15, 0.2) is 0 Å². The highest BCUT2D eigenvalue weighted by Crippen LogP contribution is 2.29. The van der Waals surface area contributed by atoms with Gasteiger partial charge in [0, 0.05) is 17.7 Å². The number of fused-ring (bicyclic) bond motifs is 1. The van der Waals surface area contributed by atoms with Gasteiger partial charge in [-0.1, -0.05) is 18.2 Å². The van der Waals surface area contributed by atoms with Crippen molar-refractivity contribution >= 4 is 28.4 Å². The molecule has 0 radical (unpaired) electrons. The number of carbonyl (C=O) groups is 1. The van der Waals surface area contributed by atoms with Gasteiger partial charge in [-0.2, -0.15) is 13.2 Å². The average Bonchev–Trinajstić information content (AvgIpc) is 2.42. The van der Waals surface area contributed by atoms with E-state index in [1.807, 2.05) is 0 Å². The van der Waals surface area contributed by atoms with Crippen LogP contribution in [0.4, 0.5) is 13.2 Å². The SMILES string of the molecule is O=C(NCCSC(F)(F)F)c1cc2ccccc2c(=O)[nH]1. The summed E-state index contributed by atoms with van der Waals surface area (Å²) in [5.41, 5.74) is -4.71. The molecule has 2 aromatic rings. The number of aromatic amines is 1. The predicted molar refractivity (Wildman–Crippen MR) is 75.4 cm³/mol. The summed E-state index contributed by atoms with van der Waals surface area (Å²) in [6.07, 6.45) is 0. The molecule has 0 aliphatic rings. The minimum atomic E-state index is -4.32. The molecule has 0 fully saturated rings. The van der Waals surface area contributed by atoms with Gasteiger partial charge in [-0.15, -0.1) is 0 Å². The quantitative estimate of drug-likeness (QED) is 0.852. The first-order chi connectivity index (χ1) is 9.87. The van der Waals surface area contributed by atoms with Crippen LogP contribution in [-0.2, 0) is 0 Å². The number of halogens is 3. The molecule has 112 valence electrons. The fourth-order valence-corrected chi connectivity index (χ4v) is 2.20. The van der Waals surface area contributed by atoms with Gasteiger partial charge >= 0.3 is 5.51 Å². The van der Waals surface area contributed by atoms with Crippen molar-refractivity contribution in [3.05, 3.63) is 46.4 Å². The Morgan fingerprint density at radius 3 is 2.71 bits per heavy atom. The lowest BCUT2D eigenvalue weighted by atomic mass is 10.1. The summed E-state index contributed by atoms with van der Waals surface area (Å²) >= 11 is -0.210. The number of amides is 1. The first kappa shape index (κ1) is 15.4. The van der Waals surface area contributed by atoms with Gasteiger partial charge in [-0.3, -0.25) is 9.59 Å². The molecule has 2 N–H and O–H groups in total. The zero-order valence-electron chi connectivity index (χ0n) is 10.7. The van der Waals surface area contributed by atoms with Gasteiger partial charge in [-0.05, 0) is 29.3 Å². The van der Waals surface area contributed by atoms with Crippen molar-refractivity contribution in [3.63, 3.8) is 0 Å². The molecule has 0 atom stereocenters. The van der Waals surface area contributed by atoms with E-state index in [2.05, 4.69) is 10.3 Å². The lowest BCUT2D eigenvalue weighted by Crippen LogP contribution is -2.28. The van der Waals surface area contributed by atoms with Crippen molar-refractivity contribution in [2.75, 3.05) is 12.3 Å². The van der Waals surface area contributed by atoms with Gasteiger partial charge in [0.2, 0.25) is 0 Å². The summed E-state index contributed by atoms with van der Waals surface area (Å²) in [5, 5.41) is 3.37. The number of hydrogen-bond acceptors (Lipinski definition) is 3. The third kappa shape index (κ3) is 4.25. The topological polar surface area (TPSA) is 62.0 Å². The zero-order valence-corrected chi connectivity index (χ0v) is 11.5. The maximum atomic E-state index is 11.9. The molecule has 0 spiro atoms. The zero-order chi connectivity index (χ0) is 15.5. The van der Waals surface area contributed by atoms with Crippen molar-refractivity contribution in [2.24, 2.45) is 0 Å². The summed E-state index contributed by atoms with van der Waals surface area (Å²) < 4.78 is 35.8. The van der Waals surface area contributed by atoms with Crippen LogP contribution in [0.25, 0.3) is 10.8 Å². The third-order valence-corrected chi connectivity index (χ3v) is 3.39. The normalized spacial score (nSPS) is 11.6. The Bertz CT molecular complexity index is 712. The lowest BCUT2D eigenvalue weighted by molar-refractivity contribution is -0.0327. The number of nitrogens with one attached hydrogen (secondary N) is 2. The standard InChI is InChI=1S/C13H11F3N2O2S/c14-13(15,16)21-6-5-17-12(20)10-7-8-3-1-2-4-9(8)11(19)18-10/h1-4,7H,5-6H2,(H,17,20)(H,18,19). The Balaban J connectivity index is 2.05. The Morgan fingerprint density at radius 2 is 2.00 bits per heavy atom. The van der Waals surface area contributed by atoms with Crippen LogP contribution in [0.15, 0.2) is 35.1 Å². The first-order valence-electron chi connectivity index (χ1n) is 5.98. The molecule has 0 saturated carbocycles. The number of aromatic nitrogens is 1. The summed E-state index contributed by atoms with van der Waals surface area (Å²) in [5.74, 6) is -0.895. The Morgan fingerprint density at radius 1 is 1.29 bits per heavy atom. The molecular weight excluding hydrogens is 305 g/mol. The van der Waals surface area contributed by atoms with Crippen molar-refractivity contribution in [1.82, 2.24) is 10.3 Å². The number of thioether (sulfide) groups is 1. The first-order valence-corrected chi connectivity index (χ1v) is 6.96. The van der Waals surface area contributed by atoms with Gasteiger partial charge in [0.05, 0.1) is 0 Å². The van der Waals surface area contributed by atoms with Crippen molar-refractivity contribution in [3.8, 4) is 0 Å². The molecule has 2 rings (SSSR count). The molecule has 0 unspecified atom stereocenters. The van der Waals surface area contributed by atoms with Crippen molar-refractivity contribution in [1.29, 1.82) is 0 Å². The molecule has 1 amide bonds. The number of pyridine rings is 1. The van der Waals surface area contributed by atoms with Crippen molar-refractivity contribution < 1.29 is 18.0 Å². The van der Waals surface area contributed by atoms with Crippen LogP contribution >= 0.6 is 11.8 Å². The van der Waals surface area contributed by atoms with Crippen LogP contribution < -0.4 is 10.9 Å². The van der Waals surface area contributed by atoms with E-state index >= 15 is 0 Å². The maximum Gasteiger partial charge on any atom is 0.441 e. The van der Waals surface area contributed by atoms with Crippen LogP contribution in [0.2, 0.25) is 0 Å². The van der Waals surface area contributed by atoms with Gasteiger partial charge in [0.1, 0.15) is 5.69 Å². The number of carbonyl (C=O) groups excluding carboxylic acids is 1. The van der Waals surface area contributed by atoms with Crippen molar-refractivity contribution in [2.45, 2.75) is 5.51 Å². The Labute approximate surface area is 121 Å². The van der Waals surface area contributed by atoms with E-state index in [0.717, 1.165) is 0 Å². The minimum absolute atomic E-state index is 0.0238. The smallest absolute Gasteiger partial charge is 0.350 e. The summed E-state index contributed by atoms with van der Waals surface area (Å²) in [4.78, 5) is 26.0. The van der Waals surface area contributed by atoms with Crippen LogP contribution in [0.1, 0.15) is 10.5 Å². The fourth-order valence-electron chi connectivity index (χ4n) is 1.76. The number of hydrogen-bond donors (Lipinski definition) is 2. The molecule has 0 aliphatic heterocycles. The highest BCUT2D eigenvalue weighted by atomic mass is 32.2. The van der Waals surface area contributed by atoms with Gasteiger partial charge in [-0.25, -0.2) is 0 Å². The number of H-pyrrole nitrogens is 1. The molecular formula is C13H11F3N2O2S. The molecule has 0 saturated heterocycles. The summed E-state index contributed by atoms with van der Waals surface area (Å²) in [6, 6.07) is 8.22. The second-order valence-electron chi connectivity index (χ2n) is 4.15. The van der Waals surface area contributed by atoms with Crippen LogP contribution in [-0.4, -0.2) is 28.7 Å². The van der Waals surface area contributed by atoms with Crippen LogP contribution in [0.3, 0.4) is 0 Å². The van der Waals surface area contributed by atoms with Gasteiger partial charge in [0.25, 0.3) is 11.5 Å². The molecule has 0 aliphatic carbocycles. The van der Waals surface area contributed by atoms with Crippen LogP contribution in [0, 0.1) is 0 Å². The predicted octanol–water partition coefficient (Wildman–Crippen LogP) is 2.51. The van der Waals surface area contributed by atoms with E-state index in [0.29, 0.717) is 10.8 Å². The second-order valence-corrected chi connectivity index (χ2v) is 5.31. The van der Waals surface area contributed by atoms with E-state index in [4.69, 9.17) is 0 Å². The van der Waals surface area contributed by atoms with E-state index in [1.54, 1.807) is 24.3 Å². The molecule has 0 bridgehead atoms. The number of benzene rings is 1. The molecule has 1 aromatic carbocycles. The van der Waals surface area contributed by atoms with Gasteiger partial charge < -0.3 is 10.3 Å². The summed E-state index contributed by atoms with van der Waals surface area (Å²) in [7, 11) is 0. The highest BCUT2D eigenvalue weighted by Gasteiger charge is 2.27. The van der Waals surface area contributed by atoms with Crippen LogP contribution in [0.5, 0.6) is 0 Å². The molecule has 4 nitrogen and oxygen atoms in total. The molecule has 1 aromatic heterocycles. The summed E-state index contributed by atoms with van der Waals surface area (Å²) in [6.45, 7) is -0.141. The highest BCUT2D eigenvalue weighted by molar-refractivity contribution is 8.00. The van der Waals surface area contributed by atoms with E-state index in [1.165, 1.54) is 6.07 Å².